The van der Waals surface area contributed by atoms with E-state index in [-0.39, 0.29) is 22.7 Å². The van der Waals surface area contributed by atoms with Crippen LogP contribution in [0.2, 0.25) is 0 Å². The van der Waals surface area contributed by atoms with Crippen LogP contribution in [0.15, 0.2) is 37.0 Å². The molecule has 2 aliphatic rings. The minimum Gasteiger partial charge on any atom is -0.478 e. The maximum absolute atomic E-state index is 12.1. The predicted octanol–water partition coefficient (Wildman–Crippen LogP) is 15.0. The van der Waals surface area contributed by atoms with E-state index >= 15 is 0 Å². The van der Waals surface area contributed by atoms with E-state index in [4.69, 9.17) is 14.9 Å². The van der Waals surface area contributed by atoms with Gasteiger partial charge in [-0.15, -0.1) is 0 Å². The van der Waals surface area contributed by atoms with Crippen molar-refractivity contribution in [1.82, 2.24) is 0 Å². The first kappa shape index (κ1) is 52.6. The summed E-state index contributed by atoms with van der Waals surface area (Å²) in [5.74, 6) is -1.09. The van der Waals surface area contributed by atoms with Crippen molar-refractivity contribution in [1.29, 1.82) is 0 Å². The zero-order valence-corrected chi connectivity index (χ0v) is 36.8. The molecule has 3 atom stereocenters. The highest BCUT2D eigenvalue weighted by Crippen LogP contribution is 2.69. The number of fused-ring (bicyclic) bond motifs is 2. The van der Waals surface area contributed by atoms with Gasteiger partial charge in [0.1, 0.15) is 0 Å². The van der Waals surface area contributed by atoms with E-state index < -0.39 is 11.9 Å². The smallest absolute Gasteiger partial charge is 0.333 e. The molecule has 0 heterocycles. The Bertz CT molecular complexity index is 1060. The van der Waals surface area contributed by atoms with Gasteiger partial charge in [0.05, 0.1) is 6.61 Å². The molecule has 55 heavy (non-hydrogen) atoms. The number of esters is 1. The van der Waals surface area contributed by atoms with Crippen LogP contribution in [0.1, 0.15) is 227 Å². The van der Waals surface area contributed by atoms with Crippen LogP contribution in [-0.4, -0.2) is 34.7 Å². The summed E-state index contributed by atoms with van der Waals surface area (Å²) in [6, 6.07) is 0. The van der Waals surface area contributed by atoms with Gasteiger partial charge in [-0.1, -0.05) is 208 Å². The van der Waals surface area contributed by atoms with Gasteiger partial charge in [-0.2, -0.15) is 0 Å². The third-order valence-corrected chi connectivity index (χ3v) is 13.0. The summed E-state index contributed by atoms with van der Waals surface area (Å²) in [7, 11) is 0. The van der Waals surface area contributed by atoms with Gasteiger partial charge in [0, 0.05) is 17.2 Å². The predicted molar refractivity (Wildman–Crippen MR) is 233 cm³/mol. The van der Waals surface area contributed by atoms with E-state index in [1.807, 2.05) is 0 Å². The standard InChI is InChI=1S/C33H64O2.C13H20O2.C3H4O2/c1-4-6-8-10-12-14-16-17-18-19-20-21-22-24-26-28-30-32(3)33(34)35-31-29-27-25-23-15-13-11-9-7-5-2;1-8(11(14)15)10-7-9-5-6-13(10,4)12(9,2)3;1-2-3(4)5/h3-31H2,1-2H3;9-10H,1,5-7H2,2-4H3,(H,14,15);2H,1H2,(H,4,5)/t;9-,10?,13-;/m.1./s1. The Morgan fingerprint density at radius 2 is 1.00 bits per heavy atom. The highest BCUT2D eigenvalue weighted by Gasteiger charge is 2.62. The number of ether oxygens (including phenoxy) is 1. The molecule has 0 aromatic heterocycles. The van der Waals surface area contributed by atoms with Crippen LogP contribution in [0, 0.1) is 22.7 Å². The summed E-state index contributed by atoms with van der Waals surface area (Å²) in [5.41, 5.74) is 1.51. The summed E-state index contributed by atoms with van der Waals surface area (Å²) < 4.78 is 5.42. The molecule has 2 bridgehead atoms. The van der Waals surface area contributed by atoms with Crippen molar-refractivity contribution < 1.29 is 29.3 Å². The second-order valence-corrected chi connectivity index (χ2v) is 17.5. The molecule has 0 aliphatic heterocycles. The van der Waals surface area contributed by atoms with Crippen molar-refractivity contribution in [2.24, 2.45) is 22.7 Å². The number of carboxylic acid groups (broad SMARTS) is 2. The first-order valence-corrected chi connectivity index (χ1v) is 22.9. The fourth-order valence-corrected chi connectivity index (χ4v) is 8.72. The van der Waals surface area contributed by atoms with E-state index in [1.54, 1.807) is 0 Å². The van der Waals surface area contributed by atoms with Crippen molar-refractivity contribution in [3.63, 3.8) is 0 Å². The molecule has 0 aromatic carbocycles. The zero-order chi connectivity index (χ0) is 41.4. The number of hydrogen-bond acceptors (Lipinski definition) is 4. The van der Waals surface area contributed by atoms with Crippen LogP contribution in [0.5, 0.6) is 0 Å². The molecule has 0 saturated heterocycles. The number of carboxylic acids is 2. The molecule has 1 unspecified atom stereocenters. The summed E-state index contributed by atoms with van der Waals surface area (Å²) in [6.45, 7) is 22.6. The van der Waals surface area contributed by atoms with E-state index in [1.165, 1.54) is 161 Å². The topological polar surface area (TPSA) is 101 Å². The molecule has 2 saturated carbocycles. The van der Waals surface area contributed by atoms with Crippen LogP contribution in [0.3, 0.4) is 0 Å². The van der Waals surface area contributed by atoms with Gasteiger partial charge in [0.15, 0.2) is 0 Å². The SMILES string of the molecule is C=C(C(=O)O)C1C[C@H]2CC[C@@]1(C)C2(C)C.C=C(CCCCCCCCCCCCCCCCCC)C(=O)OCCCCCCCCCCCC.C=CC(=O)O. The highest BCUT2D eigenvalue weighted by atomic mass is 16.5. The molecule has 0 aromatic rings. The lowest BCUT2D eigenvalue weighted by Crippen LogP contribution is -2.34. The lowest BCUT2D eigenvalue weighted by molar-refractivity contribution is -0.139. The molecule has 0 spiro atoms. The molecule has 6 heteroatoms. The van der Waals surface area contributed by atoms with Gasteiger partial charge >= 0.3 is 17.9 Å². The fraction of sp³-hybridized carbons (Fsp3) is 0.816. The lowest BCUT2D eigenvalue weighted by atomic mass is 9.65. The Balaban J connectivity index is 0.00000118. The molecule has 0 amide bonds. The van der Waals surface area contributed by atoms with Gasteiger partial charge in [-0.25, -0.2) is 14.4 Å². The van der Waals surface area contributed by atoms with Crippen molar-refractivity contribution in [2.75, 3.05) is 6.61 Å². The maximum Gasteiger partial charge on any atom is 0.333 e. The summed E-state index contributed by atoms with van der Waals surface area (Å²) in [5, 5.41) is 16.7. The first-order chi connectivity index (χ1) is 26.3. The Kier molecular flexibility index (Phi) is 31.3. The molecule has 2 fully saturated rings. The second-order valence-electron chi connectivity index (χ2n) is 17.5. The monoisotopic (exact) mass is 773 g/mol. The van der Waals surface area contributed by atoms with Crippen LogP contribution in [0.4, 0.5) is 0 Å². The molecular weight excluding hydrogens is 685 g/mol. The molecule has 2 aliphatic carbocycles. The van der Waals surface area contributed by atoms with Crippen molar-refractivity contribution >= 4 is 17.9 Å². The molecule has 320 valence electrons. The van der Waals surface area contributed by atoms with E-state index in [0.717, 1.165) is 38.2 Å². The highest BCUT2D eigenvalue weighted by molar-refractivity contribution is 5.87. The number of rotatable bonds is 32. The Hall–Kier alpha value is -2.37. The Morgan fingerprint density at radius 1 is 0.636 bits per heavy atom. The average Bonchev–Trinajstić information content (AvgIpc) is 3.51. The third kappa shape index (κ3) is 23.5. The lowest BCUT2D eigenvalue weighted by Gasteiger charge is -2.39. The van der Waals surface area contributed by atoms with Crippen LogP contribution >= 0.6 is 0 Å². The summed E-state index contributed by atoms with van der Waals surface area (Å²) in [4.78, 5) is 32.3. The zero-order valence-electron chi connectivity index (χ0n) is 36.8. The molecule has 6 nitrogen and oxygen atoms in total. The van der Waals surface area contributed by atoms with Gasteiger partial charge in [0.2, 0.25) is 0 Å². The number of unbranched alkanes of at least 4 members (excludes halogenated alkanes) is 24. The van der Waals surface area contributed by atoms with Crippen LogP contribution in [-0.2, 0) is 19.1 Å². The first-order valence-electron chi connectivity index (χ1n) is 22.9. The minimum atomic E-state index is -0.981. The molecule has 2 N–H and O–H groups in total. The van der Waals surface area contributed by atoms with E-state index in [0.29, 0.717) is 23.7 Å². The van der Waals surface area contributed by atoms with Crippen molar-refractivity contribution in [2.45, 2.75) is 227 Å². The number of carbonyl (C=O) groups excluding carboxylic acids is 1. The molecular formula is C49H88O6. The number of hydrogen-bond donors (Lipinski definition) is 2. The van der Waals surface area contributed by atoms with E-state index in [9.17, 15) is 14.4 Å². The molecule has 0 radical (unpaired) electrons. The quantitative estimate of drug-likeness (QED) is 0.0401. The second kappa shape index (κ2) is 32.7. The van der Waals surface area contributed by atoms with Gasteiger partial charge in [-0.05, 0) is 61.2 Å². The van der Waals surface area contributed by atoms with Crippen molar-refractivity contribution in [3.8, 4) is 0 Å². The number of carbonyl (C=O) groups is 3. The van der Waals surface area contributed by atoms with E-state index in [2.05, 4.69) is 54.4 Å². The Labute approximate surface area is 339 Å². The van der Waals surface area contributed by atoms with Gasteiger partial charge in [-0.3, -0.25) is 0 Å². The third-order valence-electron chi connectivity index (χ3n) is 13.0. The van der Waals surface area contributed by atoms with Gasteiger partial charge in [0.25, 0.3) is 0 Å². The largest absolute Gasteiger partial charge is 0.478 e. The van der Waals surface area contributed by atoms with Crippen molar-refractivity contribution in [3.05, 3.63) is 37.0 Å². The normalized spacial score (nSPS) is 19.1. The maximum atomic E-state index is 12.1. The molecule has 2 rings (SSSR count). The van der Waals surface area contributed by atoms with Crippen LogP contribution < -0.4 is 0 Å². The van der Waals surface area contributed by atoms with Gasteiger partial charge < -0.3 is 14.9 Å². The minimum absolute atomic E-state index is 0.146. The summed E-state index contributed by atoms with van der Waals surface area (Å²) >= 11 is 0. The Morgan fingerprint density at radius 3 is 1.31 bits per heavy atom. The average molecular weight is 773 g/mol. The fourth-order valence-electron chi connectivity index (χ4n) is 8.72. The van der Waals surface area contributed by atoms with Crippen LogP contribution in [0.25, 0.3) is 0 Å². The summed E-state index contributed by atoms with van der Waals surface area (Å²) in [6.07, 6.45) is 40.0. The number of aliphatic carboxylic acids is 2.